The van der Waals surface area contributed by atoms with Crippen molar-refractivity contribution in [3.05, 3.63) is 63.9 Å². The Kier molecular flexibility index (Phi) is 7.21. The van der Waals surface area contributed by atoms with E-state index in [1.807, 2.05) is 0 Å². The van der Waals surface area contributed by atoms with Gasteiger partial charge in [-0.2, -0.15) is 0 Å². The van der Waals surface area contributed by atoms with Gasteiger partial charge in [-0.3, -0.25) is 19.4 Å². The van der Waals surface area contributed by atoms with Gasteiger partial charge in [0.15, 0.2) is 0 Å². The number of aliphatic carboxylic acids is 2. The Morgan fingerprint density at radius 2 is 1.91 bits per heavy atom. The fraction of sp³-hybridized carbons (Fsp3) is 0.182. The number of hydrogen-bond donors (Lipinski definition) is 4. The van der Waals surface area contributed by atoms with Gasteiger partial charge in [0.2, 0.25) is 12.4 Å². The lowest BCUT2D eigenvalue weighted by Gasteiger charge is -2.19. The molecule has 0 radical (unpaired) electrons. The molecule has 1 aromatic heterocycles. The highest BCUT2D eigenvalue weighted by Crippen LogP contribution is 2.19. The van der Waals surface area contributed by atoms with E-state index in [0.717, 1.165) is 0 Å². The minimum atomic E-state index is -1.42. The normalized spacial score (nSPS) is 11.5. The number of carboxylic acids is 2. The zero-order valence-corrected chi connectivity index (χ0v) is 17.7. The van der Waals surface area contributed by atoms with Gasteiger partial charge in [-0.25, -0.2) is 9.78 Å². The molecular weight excluding hydrogens is 446 g/mol. The van der Waals surface area contributed by atoms with Crippen LogP contribution >= 0.6 is 0 Å². The Morgan fingerprint density at radius 3 is 2.53 bits per heavy atom. The number of rotatable bonds is 10. The number of anilines is 2. The standard InChI is InChI=1S/C22H21N5O7/c23-22-25-16-6-1-12(9-15(16)20(32)26-22)10-27(11-28)14-4-2-13(3-5-14)19(31)24-17(21(33)34)7-8-18(29)30/h1-6,9,11,17H,7-8,10H2,(H,24,31)(H,29,30)(H,33,34)(H3,23,25,26,32)/p-1/t17-/m0/s1. The third-order valence-corrected chi connectivity index (χ3v) is 4.97. The van der Waals surface area contributed by atoms with Crippen molar-refractivity contribution in [1.29, 1.82) is 0 Å². The average Bonchev–Trinajstić information content (AvgIpc) is 2.80. The summed E-state index contributed by atoms with van der Waals surface area (Å²) in [4.78, 5) is 65.8. The third-order valence-electron chi connectivity index (χ3n) is 4.97. The Hall–Kier alpha value is -4.74. The Balaban J connectivity index is 1.73. The van der Waals surface area contributed by atoms with E-state index in [1.54, 1.807) is 18.2 Å². The second-order valence-corrected chi connectivity index (χ2v) is 7.36. The van der Waals surface area contributed by atoms with E-state index < -0.39 is 35.9 Å². The highest BCUT2D eigenvalue weighted by atomic mass is 16.4. The van der Waals surface area contributed by atoms with Crippen molar-refractivity contribution in [1.82, 2.24) is 15.3 Å². The first-order chi connectivity index (χ1) is 16.2. The largest absolute Gasteiger partial charge is 0.550 e. The SMILES string of the molecule is Nc1nc2ccc(CN(C=O)c3ccc(C(=O)N[C@@H](CCC(=O)[O-])C(=O)O)cc3)cc2c(=O)[nH]1. The molecule has 0 aliphatic heterocycles. The number of nitrogens with one attached hydrogen (secondary N) is 2. The summed E-state index contributed by atoms with van der Waals surface area (Å²) in [6, 6.07) is 9.31. The van der Waals surface area contributed by atoms with Crippen molar-refractivity contribution in [2.75, 3.05) is 10.6 Å². The van der Waals surface area contributed by atoms with Crippen LogP contribution in [0.4, 0.5) is 11.6 Å². The number of amides is 2. The second-order valence-electron chi connectivity index (χ2n) is 7.36. The lowest BCUT2D eigenvalue weighted by Crippen LogP contribution is -2.41. The predicted octanol–water partition coefficient (Wildman–Crippen LogP) is -0.619. The number of nitrogen functional groups attached to an aromatic ring is 1. The number of nitrogens with two attached hydrogens (primary N) is 1. The predicted molar refractivity (Wildman–Crippen MR) is 119 cm³/mol. The minimum absolute atomic E-state index is 0.00235. The first-order valence-corrected chi connectivity index (χ1v) is 10.0. The Morgan fingerprint density at radius 1 is 1.21 bits per heavy atom. The first kappa shape index (κ1) is 23.9. The van der Waals surface area contributed by atoms with E-state index in [9.17, 15) is 29.1 Å². The quantitative estimate of drug-likeness (QED) is 0.281. The number of H-pyrrole nitrogens is 1. The summed E-state index contributed by atoms with van der Waals surface area (Å²) >= 11 is 0. The average molecular weight is 466 g/mol. The van der Waals surface area contributed by atoms with Gasteiger partial charge in [-0.1, -0.05) is 6.07 Å². The molecule has 0 saturated heterocycles. The Bertz CT molecular complexity index is 1300. The van der Waals surface area contributed by atoms with Crippen LogP contribution in [0.3, 0.4) is 0 Å². The minimum Gasteiger partial charge on any atom is -0.550 e. The summed E-state index contributed by atoms with van der Waals surface area (Å²) in [5.74, 6) is -3.51. The zero-order valence-electron chi connectivity index (χ0n) is 17.7. The maximum atomic E-state index is 12.4. The molecule has 0 unspecified atom stereocenters. The highest BCUT2D eigenvalue weighted by molar-refractivity contribution is 5.97. The van der Waals surface area contributed by atoms with Crippen molar-refractivity contribution in [2.24, 2.45) is 0 Å². The van der Waals surface area contributed by atoms with Crippen LogP contribution in [0.25, 0.3) is 10.9 Å². The van der Waals surface area contributed by atoms with Gasteiger partial charge in [0, 0.05) is 17.2 Å². The van der Waals surface area contributed by atoms with Crippen LogP contribution in [0.5, 0.6) is 0 Å². The van der Waals surface area contributed by atoms with E-state index in [-0.39, 0.29) is 24.5 Å². The summed E-state index contributed by atoms with van der Waals surface area (Å²) in [7, 11) is 0. The second kappa shape index (κ2) is 10.3. The maximum Gasteiger partial charge on any atom is 0.326 e. The number of benzene rings is 2. The maximum absolute atomic E-state index is 12.4. The van der Waals surface area contributed by atoms with Crippen molar-refractivity contribution in [3.63, 3.8) is 0 Å². The van der Waals surface area contributed by atoms with Crippen molar-refractivity contribution >= 4 is 46.8 Å². The number of carbonyl (C=O) groups excluding carboxylic acids is 3. The molecule has 0 fully saturated rings. The molecule has 0 spiro atoms. The van der Waals surface area contributed by atoms with Gasteiger partial charge in [-0.05, 0) is 54.8 Å². The molecule has 3 aromatic rings. The van der Waals surface area contributed by atoms with Gasteiger partial charge in [-0.15, -0.1) is 0 Å². The molecule has 0 bridgehead atoms. The van der Waals surface area contributed by atoms with Gasteiger partial charge >= 0.3 is 5.97 Å². The van der Waals surface area contributed by atoms with Crippen LogP contribution in [-0.4, -0.2) is 45.4 Å². The van der Waals surface area contributed by atoms with Crippen LogP contribution in [0, 0.1) is 0 Å². The lowest BCUT2D eigenvalue weighted by molar-refractivity contribution is -0.305. The molecule has 1 heterocycles. The van der Waals surface area contributed by atoms with Gasteiger partial charge in [0.1, 0.15) is 6.04 Å². The number of carboxylic acid groups (broad SMARTS) is 2. The molecule has 2 amide bonds. The van der Waals surface area contributed by atoms with Crippen molar-refractivity contribution < 1.29 is 29.4 Å². The van der Waals surface area contributed by atoms with Crippen LogP contribution in [0.1, 0.15) is 28.8 Å². The number of fused-ring (bicyclic) bond motifs is 1. The molecule has 0 saturated carbocycles. The molecule has 12 heteroatoms. The van der Waals surface area contributed by atoms with Gasteiger partial charge in [0.25, 0.3) is 11.5 Å². The summed E-state index contributed by atoms with van der Waals surface area (Å²) in [5.41, 5.74) is 6.76. The summed E-state index contributed by atoms with van der Waals surface area (Å²) < 4.78 is 0. The van der Waals surface area contributed by atoms with E-state index in [1.165, 1.54) is 29.2 Å². The number of aromatic nitrogens is 2. The molecule has 12 nitrogen and oxygen atoms in total. The van der Waals surface area contributed by atoms with E-state index >= 15 is 0 Å². The molecule has 1 atom stereocenters. The first-order valence-electron chi connectivity index (χ1n) is 10.0. The molecular formula is C22H20N5O7-. The van der Waals surface area contributed by atoms with Crippen LogP contribution in [-0.2, 0) is 20.9 Å². The van der Waals surface area contributed by atoms with E-state index in [0.29, 0.717) is 28.6 Å². The fourth-order valence-corrected chi connectivity index (χ4v) is 3.25. The highest BCUT2D eigenvalue weighted by Gasteiger charge is 2.20. The number of carbonyl (C=O) groups is 4. The van der Waals surface area contributed by atoms with Gasteiger partial charge < -0.3 is 31.0 Å². The lowest BCUT2D eigenvalue weighted by atomic mass is 10.1. The fourth-order valence-electron chi connectivity index (χ4n) is 3.25. The van der Waals surface area contributed by atoms with Gasteiger partial charge in [0.05, 0.1) is 17.4 Å². The van der Waals surface area contributed by atoms with Crippen LogP contribution < -0.4 is 26.6 Å². The number of nitrogens with zero attached hydrogens (tertiary/aromatic N) is 2. The molecule has 3 rings (SSSR count). The van der Waals surface area contributed by atoms with E-state index in [2.05, 4.69) is 15.3 Å². The zero-order chi connectivity index (χ0) is 24.8. The topological polar surface area (TPSA) is 199 Å². The summed E-state index contributed by atoms with van der Waals surface area (Å²) in [5, 5.41) is 22.3. The third kappa shape index (κ3) is 5.73. The smallest absolute Gasteiger partial charge is 0.326 e. The summed E-state index contributed by atoms with van der Waals surface area (Å²) in [6.45, 7) is 0.124. The molecule has 0 aliphatic carbocycles. The summed E-state index contributed by atoms with van der Waals surface area (Å²) in [6.07, 6.45) is -0.253. The monoisotopic (exact) mass is 466 g/mol. The molecule has 5 N–H and O–H groups in total. The molecule has 2 aromatic carbocycles. The number of aromatic amines is 1. The number of hydrogen-bond acceptors (Lipinski definition) is 8. The van der Waals surface area contributed by atoms with Crippen LogP contribution in [0.2, 0.25) is 0 Å². The molecule has 0 aliphatic rings. The molecule has 34 heavy (non-hydrogen) atoms. The molecule has 176 valence electrons. The van der Waals surface area contributed by atoms with Crippen LogP contribution in [0.15, 0.2) is 47.3 Å². The Labute approximate surface area is 192 Å². The van der Waals surface area contributed by atoms with E-state index in [4.69, 9.17) is 10.8 Å². The van der Waals surface area contributed by atoms with Crippen molar-refractivity contribution in [2.45, 2.75) is 25.4 Å². The van der Waals surface area contributed by atoms with Crippen molar-refractivity contribution in [3.8, 4) is 0 Å².